The molecule has 37 heavy (non-hydrogen) atoms. The van der Waals surface area contributed by atoms with Crippen LogP contribution in [0.3, 0.4) is 0 Å². The maximum Gasteiger partial charge on any atom is 0.241 e. The molecule has 9 nitrogen and oxygen atoms in total. The molecule has 0 bridgehead atoms. The molecule has 190 valence electrons. The van der Waals surface area contributed by atoms with Gasteiger partial charge in [0.15, 0.2) is 0 Å². The number of rotatable bonds is 10. The molecule has 3 heterocycles. The molecular formula is C27H28ClN7O2. The minimum absolute atomic E-state index is 0.0747. The van der Waals surface area contributed by atoms with Crippen LogP contribution in [-0.2, 0) is 13.1 Å². The van der Waals surface area contributed by atoms with Crippen molar-refractivity contribution >= 4 is 11.6 Å². The SMILES string of the molecule is Cc1ccc(-c2noc(CN(Cc3nc(-c4ccc(C)cc4)no3)C[C@@H](CCl)n3cc(C)cn3)n2)cc1. The van der Waals surface area contributed by atoms with E-state index in [1.807, 2.05) is 86.4 Å². The predicted octanol–water partition coefficient (Wildman–Crippen LogP) is 5.39. The molecule has 5 rings (SSSR count). The number of aryl methyl sites for hydroxylation is 3. The zero-order chi connectivity index (χ0) is 25.8. The van der Waals surface area contributed by atoms with Gasteiger partial charge in [-0.25, -0.2) is 0 Å². The molecule has 5 aromatic rings. The van der Waals surface area contributed by atoms with Gasteiger partial charge in [-0.1, -0.05) is 70.0 Å². The number of nitrogens with zero attached hydrogens (tertiary/aromatic N) is 7. The lowest BCUT2D eigenvalue weighted by Crippen LogP contribution is -2.31. The number of hydrogen-bond acceptors (Lipinski definition) is 8. The van der Waals surface area contributed by atoms with Gasteiger partial charge in [-0.05, 0) is 26.3 Å². The summed E-state index contributed by atoms with van der Waals surface area (Å²) in [4.78, 5) is 11.3. The Morgan fingerprint density at radius 1 is 0.784 bits per heavy atom. The molecule has 0 unspecified atom stereocenters. The molecule has 3 aromatic heterocycles. The van der Waals surface area contributed by atoms with Crippen molar-refractivity contribution in [1.82, 2.24) is 35.0 Å². The molecule has 0 aliphatic carbocycles. The van der Waals surface area contributed by atoms with Gasteiger partial charge >= 0.3 is 0 Å². The van der Waals surface area contributed by atoms with Gasteiger partial charge in [0.25, 0.3) is 0 Å². The van der Waals surface area contributed by atoms with Crippen LogP contribution in [0.25, 0.3) is 22.8 Å². The molecule has 0 aliphatic rings. The van der Waals surface area contributed by atoms with Crippen molar-refractivity contribution in [3.8, 4) is 22.8 Å². The van der Waals surface area contributed by atoms with Gasteiger partial charge in [0.05, 0.1) is 25.3 Å². The van der Waals surface area contributed by atoms with Crippen LogP contribution >= 0.6 is 11.6 Å². The molecule has 1 atom stereocenters. The summed E-state index contributed by atoms with van der Waals surface area (Å²) in [6.07, 6.45) is 3.80. The Morgan fingerprint density at radius 2 is 1.30 bits per heavy atom. The Hall–Kier alpha value is -3.82. The van der Waals surface area contributed by atoms with Crippen molar-refractivity contribution in [3.63, 3.8) is 0 Å². The van der Waals surface area contributed by atoms with E-state index in [0.29, 0.717) is 48.9 Å². The van der Waals surface area contributed by atoms with Gasteiger partial charge in [-0.2, -0.15) is 15.1 Å². The summed E-state index contributed by atoms with van der Waals surface area (Å²) < 4.78 is 13.1. The first-order valence-electron chi connectivity index (χ1n) is 12.0. The van der Waals surface area contributed by atoms with Gasteiger partial charge in [-0.3, -0.25) is 9.58 Å². The van der Waals surface area contributed by atoms with Crippen molar-refractivity contribution in [2.45, 2.75) is 39.9 Å². The molecule has 10 heteroatoms. The third-order valence-corrected chi connectivity index (χ3v) is 6.38. The molecule has 0 aliphatic heterocycles. The number of alkyl halides is 1. The number of hydrogen-bond donors (Lipinski definition) is 0. The predicted molar refractivity (Wildman–Crippen MR) is 140 cm³/mol. The monoisotopic (exact) mass is 517 g/mol. The molecule has 0 saturated heterocycles. The van der Waals surface area contributed by atoms with E-state index in [2.05, 4.69) is 30.3 Å². The summed E-state index contributed by atoms with van der Waals surface area (Å²) in [6, 6.07) is 16.0. The number of aromatic nitrogens is 6. The molecule has 0 fully saturated rings. The van der Waals surface area contributed by atoms with E-state index in [0.717, 1.165) is 16.7 Å². The van der Waals surface area contributed by atoms with Crippen LogP contribution in [0.4, 0.5) is 0 Å². The average molecular weight is 518 g/mol. The summed E-state index contributed by atoms with van der Waals surface area (Å²) in [5.74, 6) is 2.45. The lowest BCUT2D eigenvalue weighted by atomic mass is 10.1. The second-order valence-corrected chi connectivity index (χ2v) is 9.54. The fraction of sp³-hybridized carbons (Fsp3) is 0.296. The zero-order valence-electron chi connectivity index (χ0n) is 21.0. The van der Waals surface area contributed by atoms with Gasteiger partial charge in [0.2, 0.25) is 23.4 Å². The lowest BCUT2D eigenvalue weighted by Gasteiger charge is -2.24. The average Bonchev–Trinajstić information content (AvgIpc) is 3.65. The van der Waals surface area contributed by atoms with E-state index in [4.69, 9.17) is 20.6 Å². The van der Waals surface area contributed by atoms with E-state index < -0.39 is 0 Å². The Kier molecular flexibility index (Phi) is 7.43. The van der Waals surface area contributed by atoms with Crippen molar-refractivity contribution in [2.75, 3.05) is 12.4 Å². The summed E-state index contributed by atoms with van der Waals surface area (Å²) in [7, 11) is 0. The summed E-state index contributed by atoms with van der Waals surface area (Å²) in [6.45, 7) is 7.42. The molecule has 0 radical (unpaired) electrons. The largest absolute Gasteiger partial charge is 0.338 e. The van der Waals surface area contributed by atoms with Crippen LogP contribution < -0.4 is 0 Å². The molecule has 2 aromatic carbocycles. The van der Waals surface area contributed by atoms with Crippen LogP contribution in [0.1, 0.15) is 34.5 Å². The van der Waals surface area contributed by atoms with E-state index >= 15 is 0 Å². The number of benzene rings is 2. The summed E-state index contributed by atoms with van der Waals surface area (Å²) >= 11 is 6.36. The van der Waals surface area contributed by atoms with Crippen LogP contribution in [0.5, 0.6) is 0 Å². The highest BCUT2D eigenvalue weighted by Crippen LogP contribution is 2.21. The Bertz CT molecular complexity index is 1350. The maximum absolute atomic E-state index is 6.36. The molecule has 0 amide bonds. The summed E-state index contributed by atoms with van der Waals surface area (Å²) in [5, 5.41) is 12.8. The van der Waals surface area contributed by atoms with E-state index in [1.54, 1.807) is 0 Å². The van der Waals surface area contributed by atoms with Gasteiger partial charge < -0.3 is 9.05 Å². The van der Waals surface area contributed by atoms with Crippen molar-refractivity contribution in [3.05, 3.63) is 89.4 Å². The first kappa shape index (κ1) is 24.9. The fourth-order valence-corrected chi connectivity index (χ4v) is 4.22. The van der Waals surface area contributed by atoms with E-state index in [9.17, 15) is 0 Å². The van der Waals surface area contributed by atoms with E-state index in [1.165, 1.54) is 11.1 Å². The lowest BCUT2D eigenvalue weighted by molar-refractivity contribution is 0.170. The van der Waals surface area contributed by atoms with Crippen LogP contribution in [0, 0.1) is 20.8 Å². The van der Waals surface area contributed by atoms with Gasteiger partial charge in [0.1, 0.15) is 0 Å². The summed E-state index contributed by atoms with van der Waals surface area (Å²) in [5.41, 5.74) is 5.21. The molecular weight excluding hydrogens is 490 g/mol. The second-order valence-electron chi connectivity index (χ2n) is 9.23. The second kappa shape index (κ2) is 11.1. The third kappa shape index (κ3) is 6.12. The van der Waals surface area contributed by atoms with Crippen molar-refractivity contribution < 1.29 is 9.05 Å². The Morgan fingerprint density at radius 3 is 1.73 bits per heavy atom. The Balaban J connectivity index is 1.37. The highest BCUT2D eigenvalue weighted by Gasteiger charge is 2.22. The molecule has 0 N–H and O–H groups in total. The standard InChI is InChI=1S/C27H28ClN7O2/c1-18-4-8-21(9-5-18)26-30-24(36-32-26)16-34(15-23(12-28)35-14-20(3)13-29-35)17-25-31-27(33-37-25)22-10-6-19(2)7-11-22/h4-11,13-14,23H,12,15-17H2,1-3H3/t23-/m1/s1. The van der Waals surface area contributed by atoms with Crippen LogP contribution in [-0.4, -0.2) is 47.4 Å². The number of halogens is 1. The highest BCUT2D eigenvalue weighted by molar-refractivity contribution is 6.18. The van der Waals surface area contributed by atoms with Crippen LogP contribution in [0.2, 0.25) is 0 Å². The topological polar surface area (TPSA) is 98.9 Å². The first-order chi connectivity index (χ1) is 18.0. The normalized spacial score (nSPS) is 12.4. The maximum atomic E-state index is 6.36. The van der Waals surface area contributed by atoms with E-state index in [-0.39, 0.29) is 6.04 Å². The first-order valence-corrected chi connectivity index (χ1v) is 12.6. The quantitative estimate of drug-likeness (QED) is 0.227. The third-order valence-electron chi connectivity index (χ3n) is 6.03. The smallest absolute Gasteiger partial charge is 0.241 e. The molecule has 0 spiro atoms. The highest BCUT2D eigenvalue weighted by atomic mass is 35.5. The minimum Gasteiger partial charge on any atom is -0.338 e. The fourth-order valence-electron chi connectivity index (χ4n) is 3.98. The Labute approximate surface area is 220 Å². The van der Waals surface area contributed by atoms with Crippen molar-refractivity contribution in [2.24, 2.45) is 0 Å². The molecule has 0 saturated carbocycles. The van der Waals surface area contributed by atoms with Crippen molar-refractivity contribution in [1.29, 1.82) is 0 Å². The van der Waals surface area contributed by atoms with Crippen LogP contribution in [0.15, 0.2) is 70.0 Å². The zero-order valence-corrected chi connectivity index (χ0v) is 21.8. The van der Waals surface area contributed by atoms with Gasteiger partial charge in [0, 0.05) is 29.7 Å². The van der Waals surface area contributed by atoms with Gasteiger partial charge in [-0.15, -0.1) is 11.6 Å². The minimum atomic E-state index is -0.0747.